The molecule has 0 bridgehead atoms. The molecule has 2 heterocycles. The smallest absolute Gasteiger partial charge is 0.228 e. The lowest BCUT2D eigenvalue weighted by molar-refractivity contribution is -0.139. The van der Waals surface area contributed by atoms with Gasteiger partial charge in [-0.2, -0.15) is 0 Å². The molecule has 2 aliphatic heterocycles. The number of likely N-dealkylation sites (tertiary alicyclic amines) is 1. The van der Waals surface area contributed by atoms with Crippen LogP contribution in [-0.4, -0.2) is 49.7 Å². The Morgan fingerprint density at radius 1 is 1.32 bits per heavy atom. The van der Waals surface area contributed by atoms with E-state index < -0.39 is 0 Å². The molecule has 5 unspecified atom stereocenters. The van der Waals surface area contributed by atoms with E-state index >= 15 is 0 Å². The first-order valence-electron chi connectivity index (χ1n) is 7.63. The summed E-state index contributed by atoms with van der Waals surface area (Å²) in [6.07, 6.45) is 2.61. The van der Waals surface area contributed by atoms with Gasteiger partial charge >= 0.3 is 0 Å². The van der Waals surface area contributed by atoms with E-state index in [1.807, 2.05) is 14.0 Å². The molecule has 2 saturated heterocycles. The zero-order chi connectivity index (χ0) is 14.0. The van der Waals surface area contributed by atoms with Crippen LogP contribution in [0.15, 0.2) is 0 Å². The molecular formula is C15H28N2O2. The molecule has 4 nitrogen and oxygen atoms in total. The van der Waals surface area contributed by atoms with Gasteiger partial charge in [0.25, 0.3) is 0 Å². The number of ether oxygens (including phenoxy) is 1. The third-order valence-electron chi connectivity index (χ3n) is 4.85. The molecule has 19 heavy (non-hydrogen) atoms. The van der Waals surface area contributed by atoms with Gasteiger partial charge in [0, 0.05) is 13.1 Å². The Hall–Kier alpha value is -0.610. The van der Waals surface area contributed by atoms with Crippen molar-refractivity contribution in [2.75, 3.05) is 26.7 Å². The quantitative estimate of drug-likeness (QED) is 0.843. The van der Waals surface area contributed by atoms with Gasteiger partial charge in [0.05, 0.1) is 18.1 Å². The highest BCUT2D eigenvalue weighted by molar-refractivity contribution is 5.80. The molecule has 0 aromatic rings. The molecule has 0 aromatic heterocycles. The molecule has 0 aliphatic carbocycles. The van der Waals surface area contributed by atoms with Gasteiger partial charge in [0.2, 0.25) is 5.91 Å². The van der Waals surface area contributed by atoms with E-state index in [2.05, 4.69) is 24.1 Å². The Balaban J connectivity index is 1.99. The average Bonchev–Trinajstić information content (AvgIpc) is 2.63. The number of carbonyl (C=O) groups excluding carboxylic acids is 1. The summed E-state index contributed by atoms with van der Waals surface area (Å²) >= 11 is 0. The number of piperidine rings is 1. The lowest BCUT2D eigenvalue weighted by Crippen LogP contribution is -2.47. The van der Waals surface area contributed by atoms with Gasteiger partial charge in [-0.3, -0.25) is 4.79 Å². The normalized spacial score (nSPS) is 39.6. The molecule has 2 aliphatic rings. The average molecular weight is 268 g/mol. The first kappa shape index (κ1) is 14.8. The molecule has 2 rings (SSSR count). The van der Waals surface area contributed by atoms with Crippen molar-refractivity contribution in [1.29, 1.82) is 0 Å². The second-order valence-corrected chi connectivity index (χ2v) is 6.28. The van der Waals surface area contributed by atoms with Crippen LogP contribution in [0.2, 0.25) is 0 Å². The first-order valence-corrected chi connectivity index (χ1v) is 7.63. The van der Waals surface area contributed by atoms with Crippen LogP contribution in [0, 0.1) is 17.8 Å². The zero-order valence-electron chi connectivity index (χ0n) is 12.7. The minimum absolute atomic E-state index is 0.0448. The summed E-state index contributed by atoms with van der Waals surface area (Å²) in [7, 11) is 1.98. The summed E-state index contributed by atoms with van der Waals surface area (Å²) in [5, 5.41) is 3.23. The van der Waals surface area contributed by atoms with Gasteiger partial charge in [0.1, 0.15) is 0 Å². The number of rotatable bonds is 3. The van der Waals surface area contributed by atoms with Crippen molar-refractivity contribution in [3.05, 3.63) is 0 Å². The molecule has 0 aromatic carbocycles. The van der Waals surface area contributed by atoms with Crippen LogP contribution >= 0.6 is 0 Å². The minimum Gasteiger partial charge on any atom is -0.374 e. The van der Waals surface area contributed by atoms with Gasteiger partial charge < -0.3 is 15.0 Å². The second kappa shape index (κ2) is 6.23. The van der Waals surface area contributed by atoms with Crippen molar-refractivity contribution in [1.82, 2.24) is 10.2 Å². The Morgan fingerprint density at radius 2 is 2.05 bits per heavy atom. The Labute approximate surface area is 116 Å². The summed E-state index contributed by atoms with van der Waals surface area (Å²) in [6.45, 7) is 9.09. The molecule has 110 valence electrons. The Kier molecular flexibility index (Phi) is 4.85. The fraction of sp³-hybridized carbons (Fsp3) is 0.933. The zero-order valence-corrected chi connectivity index (χ0v) is 12.7. The van der Waals surface area contributed by atoms with Crippen molar-refractivity contribution in [3.63, 3.8) is 0 Å². The van der Waals surface area contributed by atoms with Gasteiger partial charge in [-0.25, -0.2) is 0 Å². The SMILES string of the molecule is CNCC1CCCN(C(=O)C2C(C)OC(C)C2C)C1. The standard InChI is InChI=1S/C15H28N2O2/c1-10-11(2)19-12(3)14(10)15(18)17-7-5-6-13(9-17)8-16-4/h10-14,16H,5-9H2,1-4H3. The second-order valence-electron chi connectivity index (χ2n) is 6.28. The fourth-order valence-electron chi connectivity index (χ4n) is 3.62. The van der Waals surface area contributed by atoms with Gasteiger partial charge in [0.15, 0.2) is 0 Å². The van der Waals surface area contributed by atoms with E-state index in [9.17, 15) is 4.79 Å². The molecule has 1 N–H and O–H groups in total. The van der Waals surface area contributed by atoms with Crippen molar-refractivity contribution in [2.24, 2.45) is 17.8 Å². The van der Waals surface area contributed by atoms with Gasteiger partial charge in [-0.1, -0.05) is 6.92 Å². The summed E-state index contributed by atoms with van der Waals surface area (Å²) in [6, 6.07) is 0. The fourth-order valence-corrected chi connectivity index (χ4v) is 3.62. The lowest BCUT2D eigenvalue weighted by atomic mass is 9.87. The maximum atomic E-state index is 12.7. The van der Waals surface area contributed by atoms with Gasteiger partial charge in [-0.05, 0) is 52.1 Å². The van der Waals surface area contributed by atoms with Crippen LogP contribution in [0.3, 0.4) is 0 Å². The van der Waals surface area contributed by atoms with Crippen molar-refractivity contribution >= 4 is 5.91 Å². The largest absolute Gasteiger partial charge is 0.374 e. The Bertz CT molecular complexity index is 319. The van der Waals surface area contributed by atoms with Crippen LogP contribution in [0.25, 0.3) is 0 Å². The summed E-state index contributed by atoms with van der Waals surface area (Å²) in [5.41, 5.74) is 0. The minimum atomic E-state index is 0.0448. The third-order valence-corrected chi connectivity index (χ3v) is 4.85. The molecular weight excluding hydrogens is 240 g/mol. The van der Waals surface area contributed by atoms with Crippen LogP contribution in [0.5, 0.6) is 0 Å². The third kappa shape index (κ3) is 3.11. The predicted octanol–water partition coefficient (Wildman–Crippen LogP) is 1.50. The van der Waals surface area contributed by atoms with E-state index in [4.69, 9.17) is 4.74 Å². The number of hydrogen-bond donors (Lipinski definition) is 1. The Morgan fingerprint density at radius 3 is 2.63 bits per heavy atom. The molecule has 0 spiro atoms. The molecule has 2 fully saturated rings. The van der Waals surface area contributed by atoms with Crippen LogP contribution in [0.1, 0.15) is 33.6 Å². The predicted molar refractivity (Wildman–Crippen MR) is 75.9 cm³/mol. The molecule has 1 amide bonds. The topological polar surface area (TPSA) is 41.6 Å². The number of hydrogen-bond acceptors (Lipinski definition) is 3. The molecule has 4 heteroatoms. The van der Waals surface area contributed by atoms with E-state index in [0.29, 0.717) is 17.7 Å². The molecule has 0 saturated carbocycles. The van der Waals surface area contributed by atoms with E-state index in [-0.39, 0.29) is 18.1 Å². The number of nitrogens with one attached hydrogen (secondary N) is 1. The van der Waals surface area contributed by atoms with Gasteiger partial charge in [-0.15, -0.1) is 0 Å². The van der Waals surface area contributed by atoms with Crippen LogP contribution in [-0.2, 0) is 9.53 Å². The van der Waals surface area contributed by atoms with Crippen LogP contribution in [0.4, 0.5) is 0 Å². The van der Waals surface area contributed by atoms with E-state index in [1.54, 1.807) is 0 Å². The van der Waals surface area contributed by atoms with E-state index in [1.165, 1.54) is 6.42 Å². The highest BCUT2D eigenvalue weighted by Gasteiger charge is 2.43. The molecule has 5 atom stereocenters. The summed E-state index contributed by atoms with van der Waals surface area (Å²) in [4.78, 5) is 14.8. The number of carbonyl (C=O) groups is 1. The monoisotopic (exact) mass is 268 g/mol. The van der Waals surface area contributed by atoms with Crippen molar-refractivity contribution < 1.29 is 9.53 Å². The summed E-state index contributed by atoms with van der Waals surface area (Å²) < 4.78 is 5.81. The highest BCUT2D eigenvalue weighted by Crippen LogP contribution is 2.34. The van der Waals surface area contributed by atoms with E-state index in [0.717, 1.165) is 26.1 Å². The number of nitrogens with zero attached hydrogens (tertiary/aromatic N) is 1. The lowest BCUT2D eigenvalue weighted by Gasteiger charge is -2.35. The first-order chi connectivity index (χ1) is 9.04. The highest BCUT2D eigenvalue weighted by atomic mass is 16.5. The summed E-state index contributed by atoms with van der Waals surface area (Å²) in [5.74, 6) is 1.29. The van der Waals surface area contributed by atoms with Crippen molar-refractivity contribution in [2.45, 2.75) is 45.8 Å². The van der Waals surface area contributed by atoms with Crippen LogP contribution < -0.4 is 5.32 Å². The molecule has 0 radical (unpaired) electrons. The van der Waals surface area contributed by atoms with Crippen molar-refractivity contribution in [3.8, 4) is 0 Å². The number of amides is 1. The maximum Gasteiger partial charge on any atom is 0.228 e. The maximum absolute atomic E-state index is 12.7.